The van der Waals surface area contributed by atoms with Crippen LogP contribution in [-0.2, 0) is 0 Å². The molecule has 240 valence electrons. The van der Waals surface area contributed by atoms with E-state index in [4.69, 9.17) is 0 Å². The fourth-order valence-electron chi connectivity index (χ4n) is 7.96. The van der Waals surface area contributed by atoms with Gasteiger partial charge >= 0.3 is 0 Å². The van der Waals surface area contributed by atoms with Crippen LogP contribution in [0.25, 0.3) is 43.8 Å². The largest absolute Gasteiger partial charge is 0.310 e. The topological polar surface area (TPSA) is 6.48 Å². The van der Waals surface area contributed by atoms with Crippen molar-refractivity contribution in [3.63, 3.8) is 0 Å². The summed E-state index contributed by atoms with van der Waals surface area (Å²) in [5.41, 5.74) is 17.5. The normalized spacial score (nSPS) is 11.6. The van der Waals surface area contributed by atoms with Gasteiger partial charge in [-0.1, -0.05) is 84.9 Å². The molecule has 1 aliphatic rings. The Balaban J connectivity index is 1.13. The summed E-state index contributed by atoms with van der Waals surface area (Å²) in [5.74, 6) is 0. The van der Waals surface area contributed by atoms with Gasteiger partial charge in [-0.05, 0) is 167 Å². The van der Waals surface area contributed by atoms with Crippen molar-refractivity contribution in [2.45, 2.75) is 27.7 Å². The van der Waals surface area contributed by atoms with Gasteiger partial charge in [0.15, 0.2) is 0 Å². The number of benzene rings is 8. The Morgan fingerprint density at radius 1 is 0.280 bits per heavy atom. The summed E-state index contributed by atoms with van der Waals surface area (Å²) in [7, 11) is 0. The molecule has 8 aromatic carbocycles. The van der Waals surface area contributed by atoms with E-state index in [0.717, 1.165) is 11.4 Å². The van der Waals surface area contributed by atoms with Gasteiger partial charge in [0, 0.05) is 22.7 Å². The summed E-state index contributed by atoms with van der Waals surface area (Å²) in [6.45, 7) is 8.81. The zero-order valence-electron chi connectivity index (χ0n) is 28.9. The van der Waals surface area contributed by atoms with Gasteiger partial charge in [0.1, 0.15) is 0 Å². The fraction of sp³-hybridized carbons (Fsp3) is 0.0833. The lowest BCUT2D eigenvalue weighted by molar-refractivity contribution is 1.22. The van der Waals surface area contributed by atoms with Crippen molar-refractivity contribution in [1.82, 2.24) is 0 Å². The highest BCUT2D eigenvalue weighted by Crippen LogP contribution is 2.51. The molecule has 0 aliphatic heterocycles. The number of nitrogens with zero attached hydrogens (tertiary/aromatic N) is 2. The van der Waals surface area contributed by atoms with Gasteiger partial charge in [-0.25, -0.2) is 0 Å². The summed E-state index contributed by atoms with van der Waals surface area (Å²) in [6.07, 6.45) is 0. The molecular formula is C48H38N2. The standard InChI is InChI=1S/C48H38N2/c1-31-13-11-14-32(2)47(31)49(39-17-7-5-8-18-39)41-23-21-35-27-43-45(29-37(35)25-41)44-28-36-22-24-42(26-38(36)30-46(43)44)50(40-19-9-6-10-20-40)48-33(3)15-12-16-34(48)4/h5-30H,1-4H3. The number of para-hydroxylation sites is 4. The van der Waals surface area contributed by atoms with Crippen LogP contribution in [0.2, 0.25) is 0 Å². The molecule has 0 amide bonds. The molecule has 0 spiro atoms. The highest BCUT2D eigenvalue weighted by atomic mass is 15.2. The second-order valence-electron chi connectivity index (χ2n) is 13.7. The molecule has 9 rings (SSSR count). The van der Waals surface area contributed by atoms with Crippen LogP contribution < -0.4 is 9.80 Å². The summed E-state index contributed by atoms with van der Waals surface area (Å²) < 4.78 is 0. The summed E-state index contributed by atoms with van der Waals surface area (Å²) >= 11 is 0. The van der Waals surface area contributed by atoms with Crippen LogP contribution in [0.3, 0.4) is 0 Å². The lowest BCUT2D eigenvalue weighted by Gasteiger charge is -2.30. The molecule has 2 nitrogen and oxygen atoms in total. The molecular weight excluding hydrogens is 605 g/mol. The van der Waals surface area contributed by atoms with Crippen molar-refractivity contribution in [3.05, 3.63) is 180 Å². The zero-order chi connectivity index (χ0) is 33.9. The number of anilines is 6. The van der Waals surface area contributed by atoms with Crippen LogP contribution in [0.1, 0.15) is 22.3 Å². The van der Waals surface area contributed by atoms with Crippen molar-refractivity contribution in [3.8, 4) is 22.3 Å². The predicted molar refractivity (Wildman–Crippen MR) is 214 cm³/mol. The maximum Gasteiger partial charge on any atom is 0.0519 e. The summed E-state index contributed by atoms with van der Waals surface area (Å²) in [5, 5.41) is 5.02. The summed E-state index contributed by atoms with van der Waals surface area (Å²) in [6, 6.07) is 57.9. The van der Waals surface area contributed by atoms with Crippen molar-refractivity contribution < 1.29 is 0 Å². The first-order valence-corrected chi connectivity index (χ1v) is 17.4. The molecule has 2 heteroatoms. The molecule has 0 fully saturated rings. The van der Waals surface area contributed by atoms with Crippen LogP contribution in [0.4, 0.5) is 34.1 Å². The van der Waals surface area contributed by atoms with E-state index in [1.54, 1.807) is 0 Å². The first kappa shape index (κ1) is 30.0. The van der Waals surface area contributed by atoms with Crippen molar-refractivity contribution in [1.29, 1.82) is 0 Å². The highest BCUT2D eigenvalue weighted by Gasteiger charge is 2.25. The zero-order valence-corrected chi connectivity index (χ0v) is 28.9. The molecule has 50 heavy (non-hydrogen) atoms. The second-order valence-corrected chi connectivity index (χ2v) is 13.7. The van der Waals surface area contributed by atoms with E-state index in [1.807, 2.05) is 0 Å². The minimum atomic E-state index is 1.16. The number of aryl methyl sites for hydroxylation is 4. The van der Waals surface area contributed by atoms with Crippen LogP contribution in [0, 0.1) is 27.7 Å². The molecule has 0 aromatic heterocycles. The van der Waals surface area contributed by atoms with E-state index >= 15 is 0 Å². The molecule has 0 saturated heterocycles. The van der Waals surface area contributed by atoms with E-state index in [2.05, 4.69) is 195 Å². The minimum Gasteiger partial charge on any atom is -0.310 e. The van der Waals surface area contributed by atoms with Crippen LogP contribution >= 0.6 is 0 Å². The third kappa shape index (κ3) is 4.87. The quantitative estimate of drug-likeness (QED) is 0.178. The maximum atomic E-state index is 2.40. The van der Waals surface area contributed by atoms with Crippen LogP contribution in [0.15, 0.2) is 158 Å². The average Bonchev–Trinajstić information content (AvgIpc) is 3.14. The van der Waals surface area contributed by atoms with Gasteiger partial charge in [-0.3, -0.25) is 0 Å². The Morgan fingerprint density at radius 3 is 0.980 bits per heavy atom. The first-order chi connectivity index (χ1) is 24.4. The van der Waals surface area contributed by atoms with Crippen molar-refractivity contribution in [2.75, 3.05) is 9.80 Å². The van der Waals surface area contributed by atoms with Crippen LogP contribution in [-0.4, -0.2) is 0 Å². The molecule has 0 N–H and O–H groups in total. The molecule has 8 aromatic rings. The fourth-order valence-corrected chi connectivity index (χ4v) is 7.96. The van der Waals surface area contributed by atoms with E-state index in [1.165, 1.54) is 88.8 Å². The number of hydrogen-bond donors (Lipinski definition) is 0. The molecule has 0 atom stereocenters. The smallest absolute Gasteiger partial charge is 0.0519 e. The molecule has 0 bridgehead atoms. The summed E-state index contributed by atoms with van der Waals surface area (Å²) in [4.78, 5) is 4.80. The number of fused-ring (bicyclic) bond motifs is 6. The predicted octanol–water partition coefficient (Wildman–Crippen LogP) is 13.8. The Labute approximate surface area is 294 Å². The number of rotatable bonds is 6. The van der Waals surface area contributed by atoms with E-state index in [9.17, 15) is 0 Å². The Kier molecular flexibility index (Phi) is 7.07. The van der Waals surface area contributed by atoms with Gasteiger partial charge in [0.05, 0.1) is 11.4 Å². The average molecular weight is 643 g/mol. The Morgan fingerprint density at radius 2 is 0.620 bits per heavy atom. The number of hydrogen-bond acceptors (Lipinski definition) is 2. The lowest BCUT2D eigenvalue weighted by atomic mass is 9.78. The van der Waals surface area contributed by atoms with Gasteiger partial charge in [0.2, 0.25) is 0 Å². The van der Waals surface area contributed by atoms with E-state index < -0.39 is 0 Å². The third-order valence-corrected chi connectivity index (χ3v) is 10.4. The van der Waals surface area contributed by atoms with Crippen molar-refractivity contribution in [2.24, 2.45) is 0 Å². The minimum absolute atomic E-state index is 1.16. The first-order valence-electron chi connectivity index (χ1n) is 17.4. The van der Waals surface area contributed by atoms with Gasteiger partial charge in [-0.2, -0.15) is 0 Å². The van der Waals surface area contributed by atoms with Crippen molar-refractivity contribution >= 4 is 55.7 Å². The van der Waals surface area contributed by atoms with Gasteiger partial charge < -0.3 is 9.80 Å². The van der Waals surface area contributed by atoms with Crippen LogP contribution in [0.5, 0.6) is 0 Å². The van der Waals surface area contributed by atoms with Gasteiger partial charge in [0.25, 0.3) is 0 Å². The molecule has 1 aliphatic carbocycles. The lowest BCUT2D eigenvalue weighted by Crippen LogP contribution is -2.13. The third-order valence-electron chi connectivity index (χ3n) is 10.4. The van der Waals surface area contributed by atoms with E-state index in [0.29, 0.717) is 0 Å². The molecule has 0 heterocycles. The molecule has 0 saturated carbocycles. The molecule has 0 radical (unpaired) electrons. The highest BCUT2D eigenvalue weighted by molar-refractivity contribution is 6.12. The van der Waals surface area contributed by atoms with Gasteiger partial charge in [-0.15, -0.1) is 0 Å². The molecule has 0 unspecified atom stereocenters. The second kappa shape index (κ2) is 11.8. The monoisotopic (exact) mass is 642 g/mol. The van der Waals surface area contributed by atoms with E-state index in [-0.39, 0.29) is 0 Å². The Bertz CT molecular complexity index is 2350. The maximum absolute atomic E-state index is 2.40. The Hall–Kier alpha value is -6.12. The SMILES string of the molecule is Cc1cccc(C)c1N(c1ccccc1)c1ccc2cc3c(cc2c1)-c1cc2ccc(N(c4ccccc4)c4c(C)cccc4C)cc2cc1-3.